The summed E-state index contributed by atoms with van der Waals surface area (Å²) >= 11 is 1.56. The summed E-state index contributed by atoms with van der Waals surface area (Å²) in [5.74, 6) is 2.60. The van der Waals surface area contributed by atoms with Crippen molar-refractivity contribution < 1.29 is 9.53 Å². The molecule has 0 aromatic heterocycles. The number of rotatable bonds is 8. The number of carbonyl (C=O) groups is 1. The molecule has 27 heavy (non-hydrogen) atoms. The molecule has 136 valence electrons. The zero-order valence-corrected chi connectivity index (χ0v) is 15.6. The van der Waals surface area contributed by atoms with Gasteiger partial charge in [0.25, 0.3) is 0 Å². The van der Waals surface area contributed by atoms with E-state index in [2.05, 4.69) is 10.5 Å². The van der Waals surface area contributed by atoms with Gasteiger partial charge in [0.2, 0.25) is 5.91 Å². The number of ether oxygens (including phenoxy) is 1. The second-order valence-electron chi connectivity index (χ2n) is 5.76. The molecule has 0 unspecified atom stereocenters. The van der Waals surface area contributed by atoms with Crippen LogP contribution in [0.2, 0.25) is 0 Å². The van der Waals surface area contributed by atoms with Crippen LogP contribution >= 0.6 is 11.8 Å². The largest absolute Gasteiger partial charge is 0.457 e. The molecule has 4 nitrogen and oxygen atoms in total. The standard InChI is InChI=1S/C22H20N2O2S/c25-22(17-27-16-19-7-3-1-4-8-19)24-23-15-18-11-13-21(14-12-18)26-20-9-5-2-6-10-20/h1-15H,16-17H2,(H,24,25)/b23-15-. The summed E-state index contributed by atoms with van der Waals surface area (Å²) in [6.07, 6.45) is 1.62. The van der Waals surface area contributed by atoms with Crippen molar-refractivity contribution in [3.8, 4) is 11.5 Å². The van der Waals surface area contributed by atoms with Crippen molar-refractivity contribution in [2.45, 2.75) is 5.75 Å². The molecule has 1 amide bonds. The lowest BCUT2D eigenvalue weighted by Gasteiger charge is -2.05. The second-order valence-corrected chi connectivity index (χ2v) is 6.74. The molecule has 1 N–H and O–H groups in total. The van der Waals surface area contributed by atoms with E-state index in [-0.39, 0.29) is 5.91 Å². The quantitative estimate of drug-likeness (QED) is 0.451. The fourth-order valence-electron chi connectivity index (χ4n) is 2.29. The van der Waals surface area contributed by atoms with Crippen molar-refractivity contribution >= 4 is 23.9 Å². The Labute approximate surface area is 163 Å². The average Bonchev–Trinajstić information content (AvgIpc) is 2.71. The third kappa shape index (κ3) is 6.64. The maximum atomic E-state index is 11.8. The van der Waals surface area contributed by atoms with Crippen LogP contribution in [0.1, 0.15) is 11.1 Å². The topological polar surface area (TPSA) is 50.7 Å². The van der Waals surface area contributed by atoms with Crippen LogP contribution in [0, 0.1) is 0 Å². The Morgan fingerprint density at radius 2 is 1.52 bits per heavy atom. The summed E-state index contributed by atoms with van der Waals surface area (Å²) in [5.41, 5.74) is 4.64. The van der Waals surface area contributed by atoms with Crippen molar-refractivity contribution in [3.63, 3.8) is 0 Å². The number of nitrogens with one attached hydrogen (secondary N) is 1. The van der Waals surface area contributed by atoms with Crippen LogP contribution in [0.15, 0.2) is 90.0 Å². The summed E-state index contributed by atoms with van der Waals surface area (Å²) in [6.45, 7) is 0. The van der Waals surface area contributed by atoms with Crippen LogP contribution < -0.4 is 10.2 Å². The highest BCUT2D eigenvalue weighted by molar-refractivity contribution is 7.99. The van der Waals surface area contributed by atoms with Gasteiger partial charge in [0.05, 0.1) is 12.0 Å². The average molecular weight is 376 g/mol. The van der Waals surface area contributed by atoms with E-state index in [0.29, 0.717) is 5.75 Å². The van der Waals surface area contributed by atoms with Crippen molar-refractivity contribution in [3.05, 3.63) is 96.1 Å². The number of thioether (sulfide) groups is 1. The number of benzene rings is 3. The van der Waals surface area contributed by atoms with Gasteiger partial charge >= 0.3 is 0 Å². The zero-order chi connectivity index (χ0) is 18.7. The number of hydrogen-bond donors (Lipinski definition) is 1. The lowest BCUT2D eigenvalue weighted by molar-refractivity contribution is -0.118. The maximum absolute atomic E-state index is 11.8. The molecule has 3 rings (SSSR count). The summed E-state index contributed by atoms with van der Waals surface area (Å²) in [6, 6.07) is 27.2. The number of nitrogens with zero attached hydrogens (tertiary/aromatic N) is 1. The Hall–Kier alpha value is -3.05. The number of hydrogen-bond acceptors (Lipinski definition) is 4. The molecule has 0 aliphatic heterocycles. The number of amides is 1. The first-order chi connectivity index (χ1) is 13.3. The van der Waals surface area contributed by atoms with Crippen molar-refractivity contribution in [1.82, 2.24) is 5.43 Å². The van der Waals surface area contributed by atoms with Gasteiger partial charge in [-0.1, -0.05) is 48.5 Å². The molecule has 0 aliphatic carbocycles. The van der Waals surface area contributed by atoms with Crippen LogP contribution in [0.25, 0.3) is 0 Å². The highest BCUT2D eigenvalue weighted by Gasteiger charge is 2.00. The molecule has 0 radical (unpaired) electrons. The Morgan fingerprint density at radius 1 is 0.889 bits per heavy atom. The van der Waals surface area contributed by atoms with Crippen LogP contribution in [-0.2, 0) is 10.5 Å². The fourth-order valence-corrected chi connectivity index (χ4v) is 3.07. The van der Waals surface area contributed by atoms with E-state index in [4.69, 9.17) is 4.74 Å². The van der Waals surface area contributed by atoms with E-state index < -0.39 is 0 Å². The SMILES string of the molecule is O=C(CSCc1ccccc1)N/N=C\c1ccc(Oc2ccccc2)cc1. The van der Waals surface area contributed by atoms with Gasteiger partial charge in [0.1, 0.15) is 11.5 Å². The Balaban J connectivity index is 1.40. The first-order valence-electron chi connectivity index (χ1n) is 8.56. The smallest absolute Gasteiger partial charge is 0.250 e. The normalized spacial score (nSPS) is 10.7. The third-order valence-electron chi connectivity index (χ3n) is 3.61. The van der Waals surface area contributed by atoms with Gasteiger partial charge in [-0.3, -0.25) is 4.79 Å². The van der Waals surface area contributed by atoms with Crippen LogP contribution in [0.5, 0.6) is 11.5 Å². The van der Waals surface area contributed by atoms with Gasteiger partial charge in [-0.05, 0) is 47.5 Å². The summed E-state index contributed by atoms with van der Waals surface area (Å²) in [4.78, 5) is 11.8. The summed E-state index contributed by atoms with van der Waals surface area (Å²) in [5, 5.41) is 4.00. The monoisotopic (exact) mass is 376 g/mol. The van der Waals surface area contributed by atoms with E-state index in [1.165, 1.54) is 5.56 Å². The molecular weight excluding hydrogens is 356 g/mol. The minimum Gasteiger partial charge on any atom is -0.457 e. The Morgan fingerprint density at radius 3 is 2.22 bits per heavy atom. The van der Waals surface area contributed by atoms with Gasteiger partial charge in [-0.15, -0.1) is 11.8 Å². The van der Waals surface area contributed by atoms with Gasteiger partial charge in [0, 0.05) is 5.75 Å². The minimum atomic E-state index is -0.115. The first kappa shape index (κ1) is 18.7. The first-order valence-corrected chi connectivity index (χ1v) is 9.71. The number of carbonyl (C=O) groups excluding carboxylic acids is 1. The lowest BCUT2D eigenvalue weighted by atomic mass is 10.2. The molecule has 0 fully saturated rings. The molecule has 0 saturated carbocycles. The van der Waals surface area contributed by atoms with Crippen LogP contribution in [0.3, 0.4) is 0 Å². The molecule has 0 bridgehead atoms. The van der Waals surface area contributed by atoms with Gasteiger partial charge in [-0.25, -0.2) is 5.43 Å². The molecule has 0 saturated heterocycles. The highest BCUT2D eigenvalue weighted by atomic mass is 32.2. The lowest BCUT2D eigenvalue weighted by Crippen LogP contribution is -2.19. The molecule has 0 spiro atoms. The molecule has 3 aromatic rings. The van der Waals surface area contributed by atoms with E-state index in [1.807, 2.05) is 84.9 Å². The third-order valence-corrected chi connectivity index (χ3v) is 4.61. The highest BCUT2D eigenvalue weighted by Crippen LogP contribution is 2.20. The van der Waals surface area contributed by atoms with E-state index in [0.717, 1.165) is 22.8 Å². The van der Waals surface area contributed by atoms with Crippen LogP contribution in [-0.4, -0.2) is 17.9 Å². The van der Waals surface area contributed by atoms with Crippen LogP contribution in [0.4, 0.5) is 0 Å². The number of para-hydroxylation sites is 1. The molecular formula is C22H20N2O2S. The van der Waals surface area contributed by atoms with Gasteiger partial charge in [0.15, 0.2) is 0 Å². The fraction of sp³-hybridized carbons (Fsp3) is 0.0909. The minimum absolute atomic E-state index is 0.115. The molecule has 5 heteroatoms. The predicted molar refractivity (Wildman–Crippen MR) is 111 cm³/mol. The van der Waals surface area contributed by atoms with E-state index in [1.54, 1.807) is 18.0 Å². The number of hydrazone groups is 1. The van der Waals surface area contributed by atoms with Gasteiger partial charge in [-0.2, -0.15) is 5.10 Å². The second kappa shape index (κ2) is 10.2. The maximum Gasteiger partial charge on any atom is 0.250 e. The molecule has 0 atom stereocenters. The van der Waals surface area contributed by atoms with Crippen molar-refractivity contribution in [1.29, 1.82) is 0 Å². The van der Waals surface area contributed by atoms with Gasteiger partial charge < -0.3 is 4.74 Å². The Bertz CT molecular complexity index is 866. The summed E-state index contributed by atoms with van der Waals surface area (Å²) < 4.78 is 5.74. The van der Waals surface area contributed by atoms with Crippen molar-refractivity contribution in [2.75, 3.05) is 5.75 Å². The zero-order valence-electron chi connectivity index (χ0n) is 14.7. The summed E-state index contributed by atoms with van der Waals surface area (Å²) in [7, 11) is 0. The van der Waals surface area contributed by atoms with E-state index >= 15 is 0 Å². The van der Waals surface area contributed by atoms with Crippen molar-refractivity contribution in [2.24, 2.45) is 5.10 Å². The Kier molecular flexibility index (Phi) is 7.07. The van der Waals surface area contributed by atoms with E-state index in [9.17, 15) is 4.79 Å². The predicted octanol–water partition coefficient (Wildman–Crippen LogP) is 4.86. The molecule has 0 aliphatic rings. The molecule has 0 heterocycles. The molecule has 3 aromatic carbocycles.